The van der Waals surface area contributed by atoms with E-state index in [0.717, 1.165) is 11.3 Å². The summed E-state index contributed by atoms with van der Waals surface area (Å²) in [4.78, 5) is 11.2. The van der Waals surface area contributed by atoms with Gasteiger partial charge < -0.3 is 21.5 Å². The lowest BCUT2D eigenvalue weighted by Gasteiger charge is -2.10. The van der Waals surface area contributed by atoms with E-state index in [-0.39, 0.29) is 11.6 Å². The maximum absolute atomic E-state index is 11.2. The molecule has 0 aromatic heterocycles. The summed E-state index contributed by atoms with van der Waals surface area (Å²) >= 11 is 0. The van der Waals surface area contributed by atoms with Gasteiger partial charge in [-0.2, -0.15) is 0 Å². The van der Waals surface area contributed by atoms with E-state index in [2.05, 4.69) is 10.6 Å². The lowest BCUT2D eigenvalue weighted by Crippen LogP contribution is -2.30. The summed E-state index contributed by atoms with van der Waals surface area (Å²) in [5.74, 6) is -0.946. The fourth-order valence-corrected chi connectivity index (χ4v) is 1.81. The number of carboxylic acids is 1. The molecular formula is C14H17N3O2. The van der Waals surface area contributed by atoms with E-state index in [1.807, 2.05) is 25.1 Å². The number of benzene rings is 1. The van der Waals surface area contributed by atoms with Gasteiger partial charge in [0, 0.05) is 18.8 Å². The molecule has 0 spiro atoms. The molecule has 0 aliphatic carbocycles. The van der Waals surface area contributed by atoms with Gasteiger partial charge in [0.2, 0.25) is 0 Å². The molecule has 0 fully saturated rings. The Kier molecular flexibility index (Phi) is 3.87. The van der Waals surface area contributed by atoms with Crippen LogP contribution in [0.1, 0.15) is 22.8 Å². The van der Waals surface area contributed by atoms with Crippen molar-refractivity contribution in [2.24, 2.45) is 5.73 Å². The summed E-state index contributed by atoms with van der Waals surface area (Å²) in [6.45, 7) is 2.57. The van der Waals surface area contributed by atoms with Crippen LogP contribution in [0, 0.1) is 0 Å². The number of allylic oxidation sites excluding steroid dienone is 1. The Morgan fingerprint density at radius 2 is 2.26 bits per heavy atom. The monoisotopic (exact) mass is 259 g/mol. The minimum Gasteiger partial charge on any atom is -0.478 e. The third-order valence-corrected chi connectivity index (χ3v) is 2.77. The van der Waals surface area contributed by atoms with E-state index in [4.69, 9.17) is 10.8 Å². The van der Waals surface area contributed by atoms with Crippen LogP contribution in [0.4, 0.5) is 5.69 Å². The second kappa shape index (κ2) is 5.58. The number of nitrogens with two attached hydrogens (primary N) is 1. The molecule has 0 unspecified atom stereocenters. The van der Waals surface area contributed by atoms with Crippen molar-refractivity contribution in [3.8, 4) is 0 Å². The molecule has 0 bridgehead atoms. The van der Waals surface area contributed by atoms with E-state index < -0.39 is 5.97 Å². The molecule has 19 heavy (non-hydrogen) atoms. The average Bonchev–Trinajstić information content (AvgIpc) is 2.58. The Labute approximate surface area is 111 Å². The number of hydrogen-bond acceptors (Lipinski definition) is 4. The van der Waals surface area contributed by atoms with Gasteiger partial charge in [-0.1, -0.05) is 18.2 Å². The number of hydrogen-bond donors (Lipinski definition) is 4. The molecule has 100 valence electrons. The van der Waals surface area contributed by atoms with Crippen LogP contribution in [0.3, 0.4) is 0 Å². The topological polar surface area (TPSA) is 87.4 Å². The lowest BCUT2D eigenvalue weighted by atomic mass is 10.1. The van der Waals surface area contributed by atoms with E-state index in [1.165, 1.54) is 0 Å². The zero-order valence-electron chi connectivity index (χ0n) is 10.7. The summed E-state index contributed by atoms with van der Waals surface area (Å²) in [6.07, 6.45) is 5.52. The number of aromatic carboxylic acids is 1. The SMILES string of the molecule is C[C@@H](N)CNC1=CNc2c(cccc2C(=O)O)C=C1. The quantitative estimate of drug-likeness (QED) is 0.659. The zero-order valence-corrected chi connectivity index (χ0v) is 10.7. The lowest BCUT2D eigenvalue weighted by molar-refractivity contribution is 0.0698. The summed E-state index contributed by atoms with van der Waals surface area (Å²) in [7, 11) is 0. The number of carbonyl (C=O) groups is 1. The molecule has 5 heteroatoms. The average molecular weight is 259 g/mol. The maximum Gasteiger partial charge on any atom is 0.337 e. The van der Waals surface area contributed by atoms with Crippen molar-refractivity contribution in [2.75, 3.05) is 11.9 Å². The minimum absolute atomic E-state index is 0.0505. The summed E-state index contributed by atoms with van der Waals surface area (Å²) < 4.78 is 0. The van der Waals surface area contributed by atoms with E-state index in [1.54, 1.807) is 18.3 Å². The molecule has 1 aromatic carbocycles. The molecule has 1 aliphatic heterocycles. The number of anilines is 1. The van der Waals surface area contributed by atoms with E-state index in [0.29, 0.717) is 12.2 Å². The number of carboxylic acid groups (broad SMARTS) is 1. The van der Waals surface area contributed by atoms with Crippen molar-refractivity contribution in [1.29, 1.82) is 0 Å². The number of nitrogens with one attached hydrogen (secondary N) is 2. The predicted molar refractivity (Wildman–Crippen MR) is 75.8 cm³/mol. The zero-order chi connectivity index (χ0) is 13.8. The highest BCUT2D eigenvalue weighted by Crippen LogP contribution is 2.25. The van der Waals surface area contributed by atoms with Crippen LogP contribution in [0.2, 0.25) is 0 Å². The first-order valence-corrected chi connectivity index (χ1v) is 6.08. The van der Waals surface area contributed by atoms with Gasteiger partial charge in [-0.05, 0) is 24.6 Å². The van der Waals surface area contributed by atoms with Gasteiger partial charge in [0.15, 0.2) is 0 Å². The van der Waals surface area contributed by atoms with Crippen LogP contribution in [0.15, 0.2) is 36.2 Å². The first-order chi connectivity index (χ1) is 9.08. The normalized spacial score (nSPS) is 14.7. The van der Waals surface area contributed by atoms with Gasteiger partial charge in [0.1, 0.15) is 0 Å². The van der Waals surface area contributed by atoms with Crippen LogP contribution in [-0.2, 0) is 0 Å². The van der Waals surface area contributed by atoms with Crippen LogP contribution >= 0.6 is 0 Å². The highest BCUT2D eigenvalue weighted by atomic mass is 16.4. The summed E-state index contributed by atoms with van der Waals surface area (Å²) in [6, 6.07) is 5.23. The predicted octanol–water partition coefficient (Wildman–Crippen LogP) is 1.60. The van der Waals surface area contributed by atoms with Gasteiger partial charge in [-0.15, -0.1) is 0 Å². The Morgan fingerprint density at radius 1 is 1.47 bits per heavy atom. The van der Waals surface area contributed by atoms with Crippen molar-refractivity contribution in [1.82, 2.24) is 5.32 Å². The third-order valence-electron chi connectivity index (χ3n) is 2.77. The van der Waals surface area contributed by atoms with Crippen LogP contribution in [0.25, 0.3) is 6.08 Å². The first kappa shape index (κ1) is 13.2. The molecule has 1 aromatic rings. The van der Waals surface area contributed by atoms with Gasteiger partial charge in [0.25, 0.3) is 0 Å². The molecule has 1 atom stereocenters. The van der Waals surface area contributed by atoms with Crippen molar-refractivity contribution in [2.45, 2.75) is 13.0 Å². The van der Waals surface area contributed by atoms with Crippen LogP contribution < -0.4 is 16.4 Å². The molecule has 5 nitrogen and oxygen atoms in total. The number of fused-ring (bicyclic) bond motifs is 1. The standard InChI is InChI=1S/C14H17N3O2/c1-9(15)7-16-11-6-5-10-3-2-4-12(14(18)19)13(10)17-8-11/h2-6,8-9,16-17H,7,15H2,1H3,(H,18,19)/t9-/m1/s1. The molecule has 2 rings (SSSR count). The summed E-state index contributed by atoms with van der Waals surface area (Å²) in [5, 5.41) is 15.4. The molecular weight excluding hydrogens is 242 g/mol. The highest BCUT2D eigenvalue weighted by molar-refractivity contribution is 5.97. The smallest absolute Gasteiger partial charge is 0.337 e. The molecule has 0 amide bonds. The van der Waals surface area contributed by atoms with Crippen molar-refractivity contribution in [3.63, 3.8) is 0 Å². The van der Waals surface area contributed by atoms with Gasteiger partial charge >= 0.3 is 5.97 Å². The molecule has 5 N–H and O–H groups in total. The van der Waals surface area contributed by atoms with Gasteiger partial charge in [0.05, 0.1) is 16.9 Å². The molecule has 1 heterocycles. The minimum atomic E-state index is -0.946. The van der Waals surface area contributed by atoms with E-state index >= 15 is 0 Å². The molecule has 0 radical (unpaired) electrons. The second-order valence-corrected chi connectivity index (χ2v) is 4.51. The van der Waals surface area contributed by atoms with Crippen LogP contribution in [-0.4, -0.2) is 23.7 Å². The molecule has 0 saturated carbocycles. The number of rotatable bonds is 4. The largest absolute Gasteiger partial charge is 0.478 e. The summed E-state index contributed by atoms with van der Waals surface area (Å²) in [5.41, 5.74) is 8.25. The third kappa shape index (κ3) is 3.14. The Hall–Kier alpha value is -2.27. The fourth-order valence-electron chi connectivity index (χ4n) is 1.81. The van der Waals surface area contributed by atoms with Crippen LogP contribution in [0.5, 0.6) is 0 Å². The second-order valence-electron chi connectivity index (χ2n) is 4.51. The number of para-hydroxylation sites is 1. The van der Waals surface area contributed by atoms with E-state index in [9.17, 15) is 4.79 Å². The maximum atomic E-state index is 11.2. The highest BCUT2D eigenvalue weighted by Gasteiger charge is 2.13. The fraction of sp³-hybridized carbons (Fsp3) is 0.214. The Balaban J connectivity index is 2.25. The van der Waals surface area contributed by atoms with Gasteiger partial charge in [-0.3, -0.25) is 0 Å². The Morgan fingerprint density at radius 3 is 2.95 bits per heavy atom. The van der Waals surface area contributed by atoms with Crippen molar-refractivity contribution >= 4 is 17.7 Å². The van der Waals surface area contributed by atoms with Gasteiger partial charge in [-0.25, -0.2) is 4.79 Å². The Bertz CT molecular complexity index is 548. The van der Waals surface area contributed by atoms with Crippen molar-refractivity contribution in [3.05, 3.63) is 47.3 Å². The van der Waals surface area contributed by atoms with Crippen molar-refractivity contribution < 1.29 is 9.90 Å². The first-order valence-electron chi connectivity index (χ1n) is 6.08. The molecule has 0 saturated heterocycles. The molecule has 1 aliphatic rings.